The molecule has 1 saturated carbocycles. The van der Waals surface area contributed by atoms with Crippen LogP contribution in [-0.2, 0) is 11.3 Å². The third-order valence-corrected chi connectivity index (χ3v) is 7.04. The highest BCUT2D eigenvalue weighted by atomic mass is 32.2. The van der Waals surface area contributed by atoms with Crippen LogP contribution in [0.2, 0.25) is 0 Å². The summed E-state index contributed by atoms with van der Waals surface area (Å²) in [5, 5.41) is 0. The maximum atomic E-state index is 12.5. The Morgan fingerprint density at radius 2 is 1.58 bits per heavy atom. The summed E-state index contributed by atoms with van der Waals surface area (Å²) in [5.41, 5.74) is 2.69. The van der Waals surface area contributed by atoms with Crippen molar-refractivity contribution in [3.63, 3.8) is 0 Å². The third-order valence-electron chi connectivity index (χ3n) is 5.48. The van der Waals surface area contributed by atoms with Crippen molar-refractivity contribution < 1.29 is 4.79 Å². The molecule has 0 unspecified atom stereocenters. The largest absolute Gasteiger partial charge is 0.323 e. The summed E-state index contributed by atoms with van der Waals surface area (Å²) in [6.07, 6.45) is 4.57. The van der Waals surface area contributed by atoms with E-state index < -0.39 is 0 Å². The first kappa shape index (κ1) is 15.8. The Labute approximate surface area is 148 Å². The lowest BCUT2D eigenvalue weighted by Gasteiger charge is -2.43. The molecule has 1 amide bonds. The lowest BCUT2D eigenvalue weighted by atomic mass is 9.80. The summed E-state index contributed by atoms with van der Waals surface area (Å²) in [7, 11) is 0. The summed E-state index contributed by atoms with van der Waals surface area (Å²) in [4.78, 5) is 14.7. The molecular formula is C21H23NOS. The van der Waals surface area contributed by atoms with Crippen molar-refractivity contribution in [1.82, 2.24) is 4.90 Å². The van der Waals surface area contributed by atoms with Gasteiger partial charge in [0.1, 0.15) is 0 Å². The maximum absolute atomic E-state index is 12.5. The van der Waals surface area contributed by atoms with Gasteiger partial charge in [-0.2, -0.15) is 0 Å². The number of hydrogen-bond acceptors (Lipinski definition) is 2. The highest BCUT2D eigenvalue weighted by Gasteiger charge is 2.47. The van der Waals surface area contributed by atoms with E-state index in [2.05, 4.69) is 59.5 Å². The van der Waals surface area contributed by atoms with Crippen LogP contribution in [0.25, 0.3) is 0 Å². The lowest BCUT2D eigenvalue weighted by Crippen LogP contribution is -2.45. The first-order valence-corrected chi connectivity index (χ1v) is 9.79. The molecule has 124 valence electrons. The first-order chi connectivity index (χ1) is 11.8. The van der Waals surface area contributed by atoms with Crippen LogP contribution < -0.4 is 0 Å². The number of hydrogen-bond donors (Lipinski definition) is 0. The van der Waals surface area contributed by atoms with E-state index in [9.17, 15) is 4.79 Å². The van der Waals surface area contributed by atoms with Gasteiger partial charge in [-0.25, -0.2) is 0 Å². The SMILES string of the molecule is O=C1CSC2(CCC(c3ccccc3)CC2)N1Cc1ccccc1. The Kier molecular flexibility index (Phi) is 4.36. The van der Waals surface area contributed by atoms with Crippen LogP contribution in [0.4, 0.5) is 0 Å². The number of carbonyl (C=O) groups is 1. The molecule has 1 aliphatic heterocycles. The molecule has 2 aromatic carbocycles. The number of carbonyl (C=O) groups excluding carboxylic acids is 1. The maximum Gasteiger partial charge on any atom is 0.234 e. The molecule has 1 heterocycles. The van der Waals surface area contributed by atoms with E-state index in [0.717, 1.165) is 19.4 Å². The number of thioether (sulfide) groups is 1. The van der Waals surface area contributed by atoms with Crippen LogP contribution in [0.15, 0.2) is 60.7 Å². The van der Waals surface area contributed by atoms with Crippen molar-refractivity contribution in [1.29, 1.82) is 0 Å². The Morgan fingerprint density at radius 3 is 2.25 bits per heavy atom. The van der Waals surface area contributed by atoms with E-state index in [4.69, 9.17) is 0 Å². The molecule has 0 N–H and O–H groups in total. The summed E-state index contributed by atoms with van der Waals surface area (Å²) in [6, 6.07) is 21.2. The van der Waals surface area contributed by atoms with Crippen LogP contribution in [0, 0.1) is 0 Å². The van der Waals surface area contributed by atoms with Gasteiger partial charge in [-0.05, 0) is 42.7 Å². The second-order valence-electron chi connectivity index (χ2n) is 6.89. The molecule has 1 aliphatic carbocycles. The fourth-order valence-corrected chi connectivity index (χ4v) is 5.51. The van der Waals surface area contributed by atoms with Crippen molar-refractivity contribution in [3.05, 3.63) is 71.8 Å². The quantitative estimate of drug-likeness (QED) is 0.800. The van der Waals surface area contributed by atoms with Crippen molar-refractivity contribution >= 4 is 17.7 Å². The van der Waals surface area contributed by atoms with Crippen LogP contribution in [0.5, 0.6) is 0 Å². The fourth-order valence-electron chi connectivity index (χ4n) is 4.12. The third kappa shape index (κ3) is 2.98. The fraction of sp³-hybridized carbons (Fsp3) is 0.381. The molecule has 0 atom stereocenters. The predicted molar refractivity (Wildman–Crippen MR) is 99.8 cm³/mol. The van der Waals surface area contributed by atoms with Gasteiger partial charge in [-0.15, -0.1) is 11.8 Å². The van der Waals surface area contributed by atoms with Gasteiger partial charge in [0.25, 0.3) is 0 Å². The standard InChI is InChI=1S/C21H23NOS/c23-20-16-24-21(22(20)15-17-7-3-1-4-8-17)13-11-19(12-14-21)18-9-5-2-6-10-18/h1-10,19H,11-16H2. The molecule has 2 aromatic rings. The second-order valence-corrected chi connectivity index (χ2v) is 8.22. The topological polar surface area (TPSA) is 20.3 Å². The van der Waals surface area contributed by atoms with E-state index in [0.29, 0.717) is 17.6 Å². The molecule has 3 heteroatoms. The second kappa shape index (κ2) is 6.64. The van der Waals surface area contributed by atoms with Crippen LogP contribution >= 0.6 is 11.8 Å². The minimum absolute atomic E-state index is 0.0260. The molecule has 24 heavy (non-hydrogen) atoms. The normalized spacial score (nSPS) is 26.9. The number of amides is 1. The van der Waals surface area contributed by atoms with E-state index >= 15 is 0 Å². The van der Waals surface area contributed by atoms with Gasteiger partial charge in [0.2, 0.25) is 5.91 Å². The Morgan fingerprint density at radius 1 is 0.958 bits per heavy atom. The van der Waals surface area contributed by atoms with Gasteiger partial charge >= 0.3 is 0 Å². The summed E-state index contributed by atoms with van der Waals surface area (Å²) in [5.74, 6) is 1.59. The van der Waals surface area contributed by atoms with Crippen LogP contribution in [-0.4, -0.2) is 21.4 Å². The average molecular weight is 337 g/mol. The molecule has 1 spiro atoms. The molecule has 0 aromatic heterocycles. The van der Waals surface area contributed by atoms with E-state index in [1.54, 1.807) is 0 Å². The Balaban J connectivity index is 1.49. The lowest BCUT2D eigenvalue weighted by molar-refractivity contribution is -0.131. The molecule has 1 saturated heterocycles. The van der Waals surface area contributed by atoms with E-state index in [1.807, 2.05) is 17.8 Å². The zero-order chi connectivity index (χ0) is 16.4. The summed E-state index contributed by atoms with van der Waals surface area (Å²) < 4.78 is 0. The minimum Gasteiger partial charge on any atom is -0.323 e. The average Bonchev–Trinajstić information content (AvgIpc) is 2.94. The van der Waals surface area contributed by atoms with Gasteiger partial charge in [0.15, 0.2) is 0 Å². The van der Waals surface area contributed by atoms with Gasteiger partial charge in [0, 0.05) is 6.54 Å². The Bertz CT molecular complexity index is 692. The Hall–Kier alpha value is -1.74. The molecule has 2 fully saturated rings. The molecule has 0 radical (unpaired) electrons. The molecular weight excluding hydrogens is 314 g/mol. The highest BCUT2D eigenvalue weighted by Crippen LogP contribution is 2.50. The summed E-state index contributed by atoms with van der Waals surface area (Å²) in [6.45, 7) is 0.753. The zero-order valence-corrected chi connectivity index (χ0v) is 14.7. The monoisotopic (exact) mass is 337 g/mol. The molecule has 4 rings (SSSR count). The molecule has 2 nitrogen and oxygen atoms in total. The minimum atomic E-state index is 0.0260. The van der Waals surface area contributed by atoms with Crippen molar-refractivity contribution in [2.75, 3.05) is 5.75 Å². The van der Waals surface area contributed by atoms with Crippen molar-refractivity contribution in [2.45, 2.75) is 43.0 Å². The van der Waals surface area contributed by atoms with Gasteiger partial charge in [-0.3, -0.25) is 4.79 Å². The van der Waals surface area contributed by atoms with Crippen LogP contribution in [0.1, 0.15) is 42.7 Å². The predicted octanol–water partition coefficient (Wildman–Crippen LogP) is 4.82. The number of nitrogens with zero attached hydrogens (tertiary/aromatic N) is 1. The van der Waals surface area contributed by atoms with Gasteiger partial charge in [-0.1, -0.05) is 60.7 Å². The van der Waals surface area contributed by atoms with Gasteiger partial charge in [0.05, 0.1) is 10.6 Å². The van der Waals surface area contributed by atoms with Crippen LogP contribution in [0.3, 0.4) is 0 Å². The molecule has 2 aliphatic rings. The summed E-state index contributed by atoms with van der Waals surface area (Å²) >= 11 is 1.87. The van der Waals surface area contributed by atoms with Crippen molar-refractivity contribution in [2.24, 2.45) is 0 Å². The molecule has 0 bridgehead atoms. The first-order valence-electron chi connectivity index (χ1n) is 8.80. The number of rotatable bonds is 3. The van der Waals surface area contributed by atoms with Crippen molar-refractivity contribution in [3.8, 4) is 0 Å². The highest BCUT2D eigenvalue weighted by molar-refractivity contribution is 8.01. The van der Waals surface area contributed by atoms with E-state index in [-0.39, 0.29) is 4.87 Å². The number of benzene rings is 2. The van der Waals surface area contributed by atoms with Gasteiger partial charge < -0.3 is 4.90 Å². The van der Waals surface area contributed by atoms with E-state index in [1.165, 1.54) is 24.0 Å². The zero-order valence-electron chi connectivity index (χ0n) is 13.9. The smallest absolute Gasteiger partial charge is 0.234 e.